The first-order chi connectivity index (χ1) is 16.2. The second-order valence-electron chi connectivity index (χ2n) is 7.23. The molecule has 3 aromatic rings. The van der Waals surface area contributed by atoms with Gasteiger partial charge in [0.05, 0.1) is 23.9 Å². The fourth-order valence-electron chi connectivity index (χ4n) is 3.15. The number of halogens is 3. The lowest BCUT2D eigenvalue weighted by Crippen LogP contribution is -2.21. The third-order valence-electron chi connectivity index (χ3n) is 4.87. The van der Waals surface area contributed by atoms with Gasteiger partial charge in [0, 0.05) is 41.5 Å². The molecular formula is C23H24F3N5O2S. The summed E-state index contributed by atoms with van der Waals surface area (Å²) in [6, 6.07) is 10.0. The van der Waals surface area contributed by atoms with Gasteiger partial charge in [-0.1, -0.05) is 6.07 Å². The van der Waals surface area contributed by atoms with Crippen LogP contribution in [0, 0.1) is 0 Å². The van der Waals surface area contributed by atoms with Gasteiger partial charge in [0.2, 0.25) is 5.91 Å². The molecule has 1 heterocycles. The molecule has 0 radical (unpaired) electrons. The van der Waals surface area contributed by atoms with Crippen LogP contribution < -0.4 is 15.6 Å². The van der Waals surface area contributed by atoms with Gasteiger partial charge in [-0.15, -0.1) is 11.3 Å². The van der Waals surface area contributed by atoms with Gasteiger partial charge >= 0.3 is 6.18 Å². The third kappa shape index (κ3) is 6.70. The predicted octanol–water partition coefficient (Wildman–Crippen LogP) is 5.15. The summed E-state index contributed by atoms with van der Waals surface area (Å²) >= 11 is 1.17. The fraction of sp³-hybridized carbons (Fsp3) is 0.261. The van der Waals surface area contributed by atoms with Crippen LogP contribution in [-0.2, 0) is 17.4 Å². The number of alkyl halides is 3. The molecule has 34 heavy (non-hydrogen) atoms. The first kappa shape index (κ1) is 25.0. The highest BCUT2D eigenvalue weighted by Gasteiger charge is 2.30. The normalized spacial score (nSPS) is 11.6. The monoisotopic (exact) mass is 491 g/mol. The molecule has 0 aliphatic carbocycles. The number of aromatic hydroxyl groups is 1. The highest BCUT2D eigenvalue weighted by molar-refractivity contribution is 7.13. The van der Waals surface area contributed by atoms with Crippen LogP contribution in [0.1, 0.15) is 30.7 Å². The lowest BCUT2D eigenvalue weighted by Gasteiger charge is -2.21. The lowest BCUT2D eigenvalue weighted by molar-refractivity contribution is -0.137. The molecule has 180 valence electrons. The minimum atomic E-state index is -4.44. The van der Waals surface area contributed by atoms with Gasteiger partial charge in [-0.3, -0.25) is 4.79 Å². The summed E-state index contributed by atoms with van der Waals surface area (Å²) in [6.07, 6.45) is -3.15. The van der Waals surface area contributed by atoms with Crippen molar-refractivity contribution in [3.8, 4) is 5.75 Å². The number of benzene rings is 2. The number of carbonyl (C=O) groups excluding carboxylic acids is 1. The molecular weight excluding hydrogens is 467 g/mol. The van der Waals surface area contributed by atoms with Crippen molar-refractivity contribution in [3.63, 3.8) is 0 Å². The number of aromatic nitrogens is 1. The molecule has 1 amide bonds. The molecule has 0 fully saturated rings. The Morgan fingerprint density at radius 1 is 1.21 bits per heavy atom. The van der Waals surface area contributed by atoms with E-state index in [1.807, 2.05) is 19.9 Å². The van der Waals surface area contributed by atoms with Gasteiger partial charge < -0.3 is 15.3 Å². The number of nitrogens with one attached hydrogen (secondary N) is 2. The maximum atomic E-state index is 12.9. The van der Waals surface area contributed by atoms with Crippen molar-refractivity contribution in [2.24, 2.45) is 5.10 Å². The maximum absolute atomic E-state index is 12.9. The summed E-state index contributed by atoms with van der Waals surface area (Å²) in [5, 5.41) is 18.9. The number of hydrogen-bond donors (Lipinski definition) is 3. The summed E-state index contributed by atoms with van der Waals surface area (Å²) in [5.41, 5.74) is 3.65. The van der Waals surface area contributed by atoms with Crippen LogP contribution in [-0.4, -0.2) is 35.3 Å². The Morgan fingerprint density at radius 3 is 2.65 bits per heavy atom. The topological polar surface area (TPSA) is 89.9 Å². The number of thiazole rings is 1. The van der Waals surface area contributed by atoms with E-state index in [0.717, 1.165) is 30.9 Å². The van der Waals surface area contributed by atoms with E-state index in [4.69, 9.17) is 0 Å². The van der Waals surface area contributed by atoms with Crippen LogP contribution in [0.15, 0.2) is 52.9 Å². The zero-order valence-corrected chi connectivity index (χ0v) is 19.4. The average Bonchev–Trinajstić information content (AvgIpc) is 3.22. The Morgan fingerprint density at radius 2 is 1.97 bits per heavy atom. The Bertz CT molecular complexity index is 1160. The SMILES string of the molecule is CCN(CC)c1ccc(/C=N\NC(=O)Cc2csc(Nc3cccc(C(F)(F)F)c3)n2)c(O)c1. The van der Waals surface area contributed by atoms with E-state index in [2.05, 4.69) is 25.7 Å². The summed E-state index contributed by atoms with van der Waals surface area (Å²) in [7, 11) is 0. The summed E-state index contributed by atoms with van der Waals surface area (Å²) < 4.78 is 38.6. The quantitative estimate of drug-likeness (QED) is 0.285. The molecule has 1 aromatic heterocycles. The Kier molecular flexibility index (Phi) is 8.11. The molecule has 0 saturated heterocycles. The van der Waals surface area contributed by atoms with E-state index >= 15 is 0 Å². The van der Waals surface area contributed by atoms with Crippen molar-refractivity contribution >= 4 is 40.0 Å². The Hall–Kier alpha value is -3.60. The molecule has 3 rings (SSSR count). The number of phenols is 1. The second-order valence-corrected chi connectivity index (χ2v) is 8.09. The summed E-state index contributed by atoms with van der Waals surface area (Å²) in [6.45, 7) is 5.68. The number of amides is 1. The van der Waals surface area contributed by atoms with Crippen LogP contribution in [0.4, 0.5) is 29.7 Å². The van der Waals surface area contributed by atoms with E-state index in [0.29, 0.717) is 16.4 Å². The Balaban J connectivity index is 1.55. The molecule has 0 atom stereocenters. The van der Waals surface area contributed by atoms with Crippen LogP contribution in [0.2, 0.25) is 0 Å². The Labute approximate surface area is 199 Å². The van der Waals surface area contributed by atoms with E-state index < -0.39 is 17.6 Å². The van der Waals surface area contributed by atoms with Crippen LogP contribution in [0.3, 0.4) is 0 Å². The van der Waals surface area contributed by atoms with E-state index in [1.54, 1.807) is 17.5 Å². The molecule has 0 aliphatic rings. The van der Waals surface area contributed by atoms with Gasteiger partial charge in [0.15, 0.2) is 5.13 Å². The number of anilines is 3. The van der Waals surface area contributed by atoms with Crippen LogP contribution >= 0.6 is 11.3 Å². The standard InChI is InChI=1S/C23H24F3N5O2S/c1-3-31(4-2)19-9-8-15(20(32)12-19)13-27-30-21(33)11-18-14-34-22(29-18)28-17-7-5-6-16(10-17)23(24,25)26/h5-10,12-14,32H,3-4,11H2,1-2H3,(H,28,29)(H,30,33)/b27-13-. The zero-order valence-electron chi connectivity index (χ0n) is 18.6. The van der Waals surface area contributed by atoms with Gasteiger partial charge in [0.1, 0.15) is 5.75 Å². The number of hydrazone groups is 1. The molecule has 2 aromatic carbocycles. The van der Waals surface area contributed by atoms with Crippen molar-refractivity contribution in [1.29, 1.82) is 0 Å². The molecule has 0 bridgehead atoms. The molecule has 0 aliphatic heterocycles. The van der Waals surface area contributed by atoms with Crippen molar-refractivity contribution in [2.75, 3.05) is 23.3 Å². The van der Waals surface area contributed by atoms with E-state index in [1.165, 1.54) is 29.7 Å². The van der Waals surface area contributed by atoms with Gasteiger partial charge in [-0.05, 0) is 44.2 Å². The number of hydrogen-bond acceptors (Lipinski definition) is 7. The van der Waals surface area contributed by atoms with E-state index in [9.17, 15) is 23.1 Å². The van der Waals surface area contributed by atoms with Crippen LogP contribution in [0.5, 0.6) is 5.75 Å². The number of carbonyl (C=O) groups is 1. The number of rotatable bonds is 9. The molecule has 11 heteroatoms. The van der Waals surface area contributed by atoms with Gasteiger partial charge in [-0.25, -0.2) is 10.4 Å². The maximum Gasteiger partial charge on any atom is 0.416 e. The van der Waals surface area contributed by atoms with Crippen molar-refractivity contribution in [3.05, 3.63) is 64.7 Å². The second kappa shape index (κ2) is 11.0. The summed E-state index contributed by atoms with van der Waals surface area (Å²) in [4.78, 5) is 18.5. The summed E-state index contributed by atoms with van der Waals surface area (Å²) in [5.74, 6) is -0.376. The van der Waals surface area contributed by atoms with Gasteiger partial charge in [0.25, 0.3) is 0 Å². The van der Waals surface area contributed by atoms with E-state index in [-0.39, 0.29) is 17.9 Å². The minimum absolute atomic E-state index is 0.0483. The molecule has 3 N–H and O–H groups in total. The molecule has 7 nitrogen and oxygen atoms in total. The van der Waals surface area contributed by atoms with Crippen molar-refractivity contribution in [1.82, 2.24) is 10.4 Å². The largest absolute Gasteiger partial charge is 0.507 e. The van der Waals surface area contributed by atoms with Crippen LogP contribution in [0.25, 0.3) is 0 Å². The lowest BCUT2D eigenvalue weighted by atomic mass is 10.2. The zero-order chi connectivity index (χ0) is 24.7. The average molecular weight is 492 g/mol. The fourth-order valence-corrected chi connectivity index (χ4v) is 3.88. The van der Waals surface area contributed by atoms with Crippen molar-refractivity contribution < 1.29 is 23.1 Å². The van der Waals surface area contributed by atoms with Gasteiger partial charge in [-0.2, -0.15) is 18.3 Å². The highest BCUT2D eigenvalue weighted by atomic mass is 32.1. The smallest absolute Gasteiger partial charge is 0.416 e. The predicted molar refractivity (Wildman–Crippen MR) is 128 cm³/mol. The first-order valence-electron chi connectivity index (χ1n) is 10.5. The minimum Gasteiger partial charge on any atom is -0.507 e. The molecule has 0 spiro atoms. The number of phenolic OH excluding ortho intramolecular Hbond substituents is 1. The highest BCUT2D eigenvalue weighted by Crippen LogP contribution is 2.32. The number of nitrogens with zero attached hydrogens (tertiary/aromatic N) is 3. The molecule has 0 saturated carbocycles. The molecule has 0 unspecified atom stereocenters. The third-order valence-corrected chi connectivity index (χ3v) is 5.68. The van der Waals surface area contributed by atoms with Crippen molar-refractivity contribution in [2.45, 2.75) is 26.4 Å². The first-order valence-corrected chi connectivity index (χ1v) is 11.4.